The van der Waals surface area contributed by atoms with E-state index in [-0.39, 0.29) is 18.5 Å². The van der Waals surface area contributed by atoms with E-state index >= 15 is 0 Å². The third-order valence-electron chi connectivity index (χ3n) is 16.2. The van der Waals surface area contributed by atoms with E-state index in [9.17, 15) is 19.8 Å². The summed E-state index contributed by atoms with van der Waals surface area (Å²) in [6, 6.07) is -0.544. The van der Waals surface area contributed by atoms with Gasteiger partial charge in [0.15, 0.2) is 0 Å². The van der Waals surface area contributed by atoms with Crippen molar-refractivity contribution in [3.8, 4) is 0 Å². The number of carbonyl (C=O) groups is 2. The van der Waals surface area contributed by atoms with Crippen LogP contribution in [0, 0.1) is 0 Å². The molecule has 454 valence electrons. The van der Waals surface area contributed by atoms with Crippen molar-refractivity contribution in [3.63, 3.8) is 0 Å². The molecule has 0 bridgehead atoms. The number of allylic oxidation sites excluding steroid dienone is 6. The Bertz CT molecular complexity index is 1250. The molecule has 77 heavy (non-hydrogen) atoms. The topological polar surface area (TPSA) is 95.9 Å². The Kier molecular flexibility index (Phi) is 64.9. The lowest BCUT2D eigenvalue weighted by atomic mass is 10.0. The maximum absolute atomic E-state index is 12.5. The number of aliphatic hydroxyl groups excluding tert-OH is 2. The minimum absolute atomic E-state index is 0.000724. The van der Waals surface area contributed by atoms with E-state index in [2.05, 4.69) is 55.6 Å². The van der Waals surface area contributed by atoms with Crippen LogP contribution in [0.4, 0.5) is 0 Å². The van der Waals surface area contributed by atoms with Crippen LogP contribution in [0.2, 0.25) is 0 Å². The van der Waals surface area contributed by atoms with Gasteiger partial charge in [-0.3, -0.25) is 9.59 Å². The quantitative estimate of drug-likeness (QED) is 0.0320. The van der Waals surface area contributed by atoms with Crippen molar-refractivity contribution in [1.29, 1.82) is 0 Å². The van der Waals surface area contributed by atoms with Gasteiger partial charge in [0.1, 0.15) is 0 Å². The second-order valence-electron chi connectivity index (χ2n) is 23.9. The van der Waals surface area contributed by atoms with Gasteiger partial charge in [-0.2, -0.15) is 0 Å². The van der Waals surface area contributed by atoms with Gasteiger partial charge >= 0.3 is 5.97 Å². The fourth-order valence-electron chi connectivity index (χ4n) is 10.8. The average molecular weight is 1080 g/mol. The lowest BCUT2D eigenvalue weighted by Gasteiger charge is -2.22. The summed E-state index contributed by atoms with van der Waals surface area (Å²) < 4.78 is 5.48. The van der Waals surface area contributed by atoms with E-state index in [0.29, 0.717) is 25.9 Å². The van der Waals surface area contributed by atoms with Crippen molar-refractivity contribution < 1.29 is 24.5 Å². The van der Waals surface area contributed by atoms with Gasteiger partial charge in [0.25, 0.3) is 0 Å². The zero-order valence-corrected chi connectivity index (χ0v) is 52.0. The van der Waals surface area contributed by atoms with Crippen molar-refractivity contribution in [2.24, 2.45) is 0 Å². The van der Waals surface area contributed by atoms with Crippen LogP contribution >= 0.6 is 0 Å². The van der Waals surface area contributed by atoms with Crippen LogP contribution in [0.1, 0.15) is 380 Å². The molecule has 3 N–H and O–H groups in total. The Balaban J connectivity index is 3.40. The molecule has 2 unspecified atom stereocenters. The van der Waals surface area contributed by atoms with Gasteiger partial charge in [-0.15, -0.1) is 0 Å². The maximum Gasteiger partial charge on any atom is 0.305 e. The van der Waals surface area contributed by atoms with Crippen LogP contribution < -0.4 is 5.32 Å². The van der Waals surface area contributed by atoms with Crippen LogP contribution in [0.5, 0.6) is 0 Å². The molecule has 1 amide bonds. The number of unbranched alkanes of at least 4 members (excludes halogenated alkanes) is 48. The number of carbonyl (C=O) groups excluding carboxylic acids is 2. The van der Waals surface area contributed by atoms with Crippen molar-refractivity contribution in [3.05, 3.63) is 36.5 Å². The summed E-state index contributed by atoms with van der Waals surface area (Å²) in [7, 11) is 0. The van der Waals surface area contributed by atoms with Crippen LogP contribution in [0.15, 0.2) is 36.5 Å². The first-order chi connectivity index (χ1) is 38.0. The Hall–Kier alpha value is -1.92. The predicted molar refractivity (Wildman–Crippen MR) is 338 cm³/mol. The van der Waals surface area contributed by atoms with Gasteiger partial charge in [-0.05, 0) is 83.5 Å². The smallest absolute Gasteiger partial charge is 0.305 e. The Morgan fingerprint density at radius 1 is 0.364 bits per heavy atom. The van der Waals surface area contributed by atoms with Gasteiger partial charge in [-0.1, -0.05) is 320 Å². The summed E-state index contributed by atoms with van der Waals surface area (Å²) >= 11 is 0. The molecule has 2 atom stereocenters. The van der Waals surface area contributed by atoms with E-state index in [1.54, 1.807) is 0 Å². The van der Waals surface area contributed by atoms with E-state index in [0.717, 1.165) is 51.4 Å². The molecule has 0 fully saturated rings. The summed E-state index contributed by atoms with van der Waals surface area (Å²) in [6.45, 7) is 4.95. The minimum atomic E-state index is -0.667. The molecule has 0 spiro atoms. The minimum Gasteiger partial charge on any atom is -0.466 e. The number of rotatable bonds is 65. The van der Waals surface area contributed by atoms with Gasteiger partial charge in [-0.25, -0.2) is 0 Å². The van der Waals surface area contributed by atoms with Crippen molar-refractivity contribution in [1.82, 2.24) is 5.32 Å². The molecule has 0 radical (unpaired) electrons. The summed E-state index contributed by atoms with van der Waals surface area (Å²) in [5.74, 6) is -0.0328. The lowest BCUT2D eigenvalue weighted by molar-refractivity contribution is -0.143. The average Bonchev–Trinajstić information content (AvgIpc) is 3.43. The number of esters is 1. The van der Waals surface area contributed by atoms with Crippen molar-refractivity contribution in [2.75, 3.05) is 13.2 Å². The maximum atomic E-state index is 12.5. The molecule has 0 aromatic carbocycles. The lowest BCUT2D eigenvalue weighted by Crippen LogP contribution is -2.45. The van der Waals surface area contributed by atoms with Gasteiger partial charge in [0, 0.05) is 12.8 Å². The highest BCUT2D eigenvalue weighted by atomic mass is 16.5. The summed E-state index contributed by atoms with van der Waals surface area (Å²) in [6.07, 6.45) is 84.7. The Morgan fingerprint density at radius 2 is 0.649 bits per heavy atom. The summed E-state index contributed by atoms with van der Waals surface area (Å²) in [5.41, 5.74) is 0. The molecule has 6 heteroatoms. The number of hydrogen-bond acceptors (Lipinski definition) is 5. The normalized spacial score (nSPS) is 12.7. The first-order valence-corrected chi connectivity index (χ1v) is 34.7. The molecule has 0 aliphatic heterocycles. The molecule has 6 nitrogen and oxygen atoms in total. The fraction of sp³-hybridized carbons (Fsp3) is 0.887. The molecule has 0 aromatic heterocycles. The third kappa shape index (κ3) is 63.1. The molecule has 0 heterocycles. The van der Waals surface area contributed by atoms with Gasteiger partial charge in [0.05, 0.1) is 25.4 Å². The highest BCUT2D eigenvalue weighted by molar-refractivity contribution is 5.76. The zero-order valence-electron chi connectivity index (χ0n) is 52.0. The molecule has 0 aliphatic carbocycles. The van der Waals surface area contributed by atoms with Crippen LogP contribution in [0.25, 0.3) is 0 Å². The Morgan fingerprint density at radius 3 is 1.03 bits per heavy atom. The molecule has 0 aliphatic rings. The number of nitrogens with one attached hydrogen (secondary N) is 1. The van der Waals surface area contributed by atoms with E-state index in [1.165, 1.54) is 295 Å². The SMILES string of the molecule is CCCCC/C=C\C/C=C\CCCCCCCC(=O)OCCCCCCCCCCCCCC/C=C\CCCCCCCCCCCCC(=O)NC(CO)C(O)CCCCCCCCCCCCCCCCCCCCC. The molecule has 0 aromatic rings. The van der Waals surface area contributed by atoms with E-state index in [1.807, 2.05) is 0 Å². The predicted octanol–water partition coefficient (Wildman–Crippen LogP) is 22.3. The third-order valence-corrected chi connectivity index (χ3v) is 16.2. The molecular formula is C71H135NO5. The Labute approximate surface area is 481 Å². The fourth-order valence-corrected chi connectivity index (χ4v) is 10.8. The number of aliphatic hydroxyl groups is 2. The molecule has 0 rings (SSSR count). The van der Waals surface area contributed by atoms with Crippen LogP contribution in [-0.2, 0) is 14.3 Å². The van der Waals surface area contributed by atoms with Crippen molar-refractivity contribution in [2.45, 2.75) is 392 Å². The van der Waals surface area contributed by atoms with Crippen molar-refractivity contribution >= 4 is 11.9 Å². The number of ether oxygens (including phenoxy) is 1. The van der Waals surface area contributed by atoms with E-state index < -0.39 is 12.1 Å². The monoisotopic (exact) mass is 1080 g/mol. The summed E-state index contributed by atoms with van der Waals surface area (Å²) in [4.78, 5) is 24.6. The summed E-state index contributed by atoms with van der Waals surface area (Å²) in [5, 5.41) is 23.4. The second-order valence-corrected chi connectivity index (χ2v) is 23.9. The second kappa shape index (κ2) is 66.6. The van der Waals surface area contributed by atoms with E-state index in [4.69, 9.17) is 4.74 Å². The highest BCUT2D eigenvalue weighted by Gasteiger charge is 2.20. The zero-order chi connectivity index (χ0) is 55.7. The number of amides is 1. The highest BCUT2D eigenvalue weighted by Crippen LogP contribution is 2.18. The largest absolute Gasteiger partial charge is 0.466 e. The van der Waals surface area contributed by atoms with Gasteiger partial charge in [0.2, 0.25) is 5.91 Å². The van der Waals surface area contributed by atoms with Crippen LogP contribution in [0.3, 0.4) is 0 Å². The molecule has 0 saturated carbocycles. The van der Waals surface area contributed by atoms with Gasteiger partial charge < -0.3 is 20.3 Å². The molecule has 0 saturated heterocycles. The first-order valence-electron chi connectivity index (χ1n) is 34.7. The molecular weight excluding hydrogens is 947 g/mol. The standard InChI is InChI=1S/C71H135NO5/c1-3-5-7-9-11-13-15-17-19-20-29-32-36-39-43-47-51-55-59-63-69(74)68(67-73)72-70(75)64-60-56-52-48-44-40-37-33-30-27-25-23-21-22-24-26-28-31-34-38-42-46-50-54-58-62-66-77-71(76)65-61-57-53-49-45-41-35-18-16-14-12-10-8-6-4-2/h12,14,18,21,23,35,68-69,73-74H,3-11,13,15-17,19-20,22,24-34,36-67H2,1-2H3,(H,72,75)/b14-12-,23-21-,35-18-. The number of hydrogen-bond donors (Lipinski definition) is 3. The first kappa shape index (κ1) is 75.1. The van der Waals surface area contributed by atoms with Crippen LogP contribution in [-0.4, -0.2) is 47.4 Å².